The summed E-state index contributed by atoms with van der Waals surface area (Å²) in [6.45, 7) is 0.176. The van der Waals surface area contributed by atoms with Crippen LogP contribution >= 0.6 is 0 Å². The number of nitrogens with two attached hydrogens (primary N) is 2. The minimum atomic E-state index is -1.14. The third-order valence-electron chi connectivity index (χ3n) is 2.37. The van der Waals surface area contributed by atoms with Crippen molar-refractivity contribution in [3.63, 3.8) is 0 Å². The van der Waals surface area contributed by atoms with Crippen molar-refractivity contribution in [2.75, 3.05) is 6.61 Å². The Balaban J connectivity index is 4.39. The van der Waals surface area contributed by atoms with Crippen LogP contribution in [0.25, 0.3) is 0 Å². The number of hydroxylamine groups is 1. The third-order valence-corrected chi connectivity index (χ3v) is 2.37. The molecule has 0 bridgehead atoms. The van der Waals surface area contributed by atoms with E-state index in [0.29, 0.717) is 0 Å². The maximum Gasteiger partial charge on any atom is 0.293 e. The Morgan fingerprint density at radius 3 is 2.40 bits per heavy atom. The molecule has 0 saturated carbocycles. The van der Waals surface area contributed by atoms with E-state index in [-0.39, 0.29) is 32.3 Å². The van der Waals surface area contributed by atoms with Gasteiger partial charge in [-0.25, -0.2) is 5.48 Å². The lowest BCUT2D eigenvalue weighted by atomic mass is 10.1. The molecule has 20 heavy (non-hydrogen) atoms. The van der Waals surface area contributed by atoms with Crippen LogP contribution in [0.3, 0.4) is 0 Å². The molecular weight excluding hydrogens is 272 g/mol. The minimum Gasteiger partial charge on any atom is -0.468 e. The molecule has 0 aliphatic heterocycles. The normalized spacial score (nSPS) is 12.9. The van der Waals surface area contributed by atoms with Gasteiger partial charge in [0.2, 0.25) is 11.8 Å². The van der Waals surface area contributed by atoms with Crippen molar-refractivity contribution < 1.29 is 29.1 Å². The Morgan fingerprint density at radius 1 is 1.25 bits per heavy atom. The Hall–Kier alpha value is -2.20. The molecule has 0 aromatic carbocycles. The summed E-state index contributed by atoms with van der Waals surface area (Å²) in [5.41, 5.74) is 11.8. The van der Waals surface area contributed by atoms with E-state index in [9.17, 15) is 19.2 Å². The van der Waals surface area contributed by atoms with Crippen molar-refractivity contribution in [3.05, 3.63) is 0 Å². The lowest BCUT2D eigenvalue weighted by Gasteiger charge is -2.18. The van der Waals surface area contributed by atoms with E-state index >= 15 is 0 Å². The largest absolute Gasteiger partial charge is 0.468 e. The fourth-order valence-corrected chi connectivity index (χ4v) is 1.29. The summed E-state index contributed by atoms with van der Waals surface area (Å²) < 4.78 is 4.39. The van der Waals surface area contributed by atoms with Crippen LogP contribution in [0.2, 0.25) is 0 Å². The highest BCUT2D eigenvalue weighted by Crippen LogP contribution is 1.99. The van der Waals surface area contributed by atoms with Crippen LogP contribution in [0.4, 0.5) is 0 Å². The number of hydrogen-bond acceptors (Lipinski definition) is 7. The standard InChI is InChI=1S/C10H18N4O6/c11-6(3-4-20-5-15)9(17)13-7(10(18)14-19)1-2-8(12)16/h5-7,19H,1-4,11H2,(H2,12,16)(H,13,17)(H,14,18)/t6?,7-/m0/s1. The molecule has 0 saturated heterocycles. The van der Waals surface area contributed by atoms with Crippen LogP contribution in [0, 0.1) is 0 Å². The van der Waals surface area contributed by atoms with Crippen molar-refractivity contribution in [2.45, 2.75) is 31.3 Å². The Bertz CT molecular complexity index is 362. The van der Waals surface area contributed by atoms with E-state index in [1.54, 1.807) is 0 Å². The summed E-state index contributed by atoms with van der Waals surface area (Å²) in [6.07, 6.45) is -0.166. The highest BCUT2D eigenvalue weighted by atomic mass is 16.5. The van der Waals surface area contributed by atoms with E-state index in [1.165, 1.54) is 5.48 Å². The summed E-state index contributed by atoms with van der Waals surface area (Å²) in [5, 5.41) is 10.8. The number of hydrogen-bond donors (Lipinski definition) is 5. The summed E-state index contributed by atoms with van der Waals surface area (Å²) >= 11 is 0. The first-order valence-corrected chi connectivity index (χ1v) is 5.75. The summed E-state index contributed by atoms with van der Waals surface area (Å²) in [7, 11) is 0. The smallest absolute Gasteiger partial charge is 0.293 e. The molecule has 2 atom stereocenters. The molecule has 10 nitrogen and oxygen atoms in total. The van der Waals surface area contributed by atoms with E-state index < -0.39 is 29.8 Å². The Labute approximate surface area is 114 Å². The van der Waals surface area contributed by atoms with E-state index in [2.05, 4.69) is 10.1 Å². The zero-order valence-electron chi connectivity index (χ0n) is 10.7. The number of nitrogens with one attached hydrogen (secondary N) is 2. The quantitative estimate of drug-likeness (QED) is 0.124. The van der Waals surface area contributed by atoms with Crippen LogP contribution in [-0.2, 0) is 23.9 Å². The number of primary amides is 1. The van der Waals surface area contributed by atoms with Crippen LogP contribution in [0.15, 0.2) is 0 Å². The summed E-state index contributed by atoms with van der Waals surface area (Å²) in [4.78, 5) is 43.5. The van der Waals surface area contributed by atoms with Gasteiger partial charge in [0, 0.05) is 12.8 Å². The second kappa shape index (κ2) is 9.69. The number of carbonyl (C=O) groups is 4. The van der Waals surface area contributed by atoms with Gasteiger partial charge in [-0.2, -0.15) is 0 Å². The van der Waals surface area contributed by atoms with Gasteiger partial charge in [0.25, 0.3) is 12.4 Å². The molecule has 114 valence electrons. The molecule has 0 aromatic heterocycles. The summed E-state index contributed by atoms with van der Waals surface area (Å²) in [6, 6.07) is -2.14. The van der Waals surface area contributed by atoms with Crippen LogP contribution in [-0.4, -0.2) is 48.1 Å². The van der Waals surface area contributed by atoms with E-state index in [1.807, 2.05) is 0 Å². The SMILES string of the molecule is NC(=O)CC[C@H](NC(=O)C(N)CCOC=O)C(=O)NO. The van der Waals surface area contributed by atoms with Gasteiger partial charge >= 0.3 is 0 Å². The first-order chi connectivity index (χ1) is 9.42. The zero-order valence-corrected chi connectivity index (χ0v) is 10.7. The lowest BCUT2D eigenvalue weighted by molar-refractivity contribution is -0.135. The molecule has 0 radical (unpaired) electrons. The Morgan fingerprint density at radius 2 is 1.90 bits per heavy atom. The van der Waals surface area contributed by atoms with Gasteiger partial charge in [-0.1, -0.05) is 0 Å². The molecule has 0 fully saturated rings. The van der Waals surface area contributed by atoms with Crippen LogP contribution in [0.1, 0.15) is 19.3 Å². The molecule has 3 amide bonds. The molecule has 10 heteroatoms. The molecule has 0 spiro atoms. The number of ether oxygens (including phenoxy) is 1. The predicted octanol–water partition coefficient (Wildman–Crippen LogP) is -2.87. The highest BCUT2D eigenvalue weighted by Gasteiger charge is 2.23. The molecule has 0 aromatic rings. The zero-order chi connectivity index (χ0) is 15.5. The van der Waals surface area contributed by atoms with Gasteiger partial charge < -0.3 is 21.5 Å². The van der Waals surface area contributed by atoms with Gasteiger partial charge in [0.05, 0.1) is 12.6 Å². The maximum absolute atomic E-state index is 11.7. The molecule has 0 aliphatic rings. The number of amides is 3. The van der Waals surface area contributed by atoms with Crippen LogP contribution < -0.4 is 22.3 Å². The second-order valence-electron chi connectivity index (χ2n) is 3.90. The number of carbonyl (C=O) groups excluding carboxylic acids is 4. The minimum absolute atomic E-state index is 0.0454. The average molecular weight is 290 g/mol. The van der Waals surface area contributed by atoms with Crippen molar-refractivity contribution >= 4 is 24.2 Å². The second-order valence-corrected chi connectivity index (χ2v) is 3.90. The molecule has 1 unspecified atom stereocenters. The van der Waals surface area contributed by atoms with Gasteiger partial charge in [0.15, 0.2) is 0 Å². The van der Waals surface area contributed by atoms with E-state index in [0.717, 1.165) is 0 Å². The molecule has 0 heterocycles. The molecule has 0 aliphatic carbocycles. The van der Waals surface area contributed by atoms with Crippen molar-refractivity contribution in [2.24, 2.45) is 11.5 Å². The number of rotatable bonds is 10. The fraction of sp³-hybridized carbons (Fsp3) is 0.600. The maximum atomic E-state index is 11.7. The van der Waals surface area contributed by atoms with E-state index in [4.69, 9.17) is 16.7 Å². The first kappa shape index (κ1) is 17.8. The van der Waals surface area contributed by atoms with Gasteiger partial charge in [-0.15, -0.1) is 0 Å². The molecule has 0 rings (SSSR count). The fourth-order valence-electron chi connectivity index (χ4n) is 1.29. The predicted molar refractivity (Wildman–Crippen MR) is 64.9 cm³/mol. The lowest BCUT2D eigenvalue weighted by Crippen LogP contribution is -2.51. The molecule has 7 N–H and O–H groups in total. The van der Waals surface area contributed by atoms with Crippen molar-refractivity contribution in [1.29, 1.82) is 0 Å². The van der Waals surface area contributed by atoms with Crippen molar-refractivity contribution in [3.8, 4) is 0 Å². The average Bonchev–Trinajstić information content (AvgIpc) is 2.42. The monoisotopic (exact) mass is 290 g/mol. The van der Waals surface area contributed by atoms with Crippen molar-refractivity contribution in [1.82, 2.24) is 10.8 Å². The first-order valence-electron chi connectivity index (χ1n) is 5.75. The van der Waals surface area contributed by atoms with Gasteiger partial charge in [-0.05, 0) is 6.42 Å². The Kier molecular flexibility index (Phi) is 8.63. The van der Waals surface area contributed by atoms with Gasteiger partial charge in [0.1, 0.15) is 6.04 Å². The highest BCUT2D eigenvalue weighted by molar-refractivity contribution is 5.89. The topological polar surface area (TPSA) is 174 Å². The van der Waals surface area contributed by atoms with Crippen LogP contribution in [0.5, 0.6) is 0 Å². The van der Waals surface area contributed by atoms with Gasteiger partial charge in [-0.3, -0.25) is 24.4 Å². The molecular formula is C10H18N4O6. The third kappa shape index (κ3) is 7.28. The summed E-state index contributed by atoms with van der Waals surface area (Å²) in [5.74, 6) is -2.23.